The number of hydrogen-bond acceptors (Lipinski definition) is 3. The van der Waals surface area contributed by atoms with Crippen molar-refractivity contribution in [3.8, 4) is 17.5 Å². The van der Waals surface area contributed by atoms with Gasteiger partial charge in [0.15, 0.2) is 0 Å². The van der Waals surface area contributed by atoms with Gasteiger partial charge in [-0.1, -0.05) is 11.6 Å². The van der Waals surface area contributed by atoms with E-state index in [-0.39, 0.29) is 11.3 Å². The van der Waals surface area contributed by atoms with Gasteiger partial charge in [0, 0.05) is 28.3 Å². The number of benzene rings is 2. The second-order valence-electron chi connectivity index (χ2n) is 5.45. The van der Waals surface area contributed by atoms with Crippen molar-refractivity contribution < 1.29 is 9.90 Å². The molecule has 0 fully saturated rings. The molecular formula is C20H14ClN3O2. The number of rotatable bonds is 4. The van der Waals surface area contributed by atoms with Crippen LogP contribution in [0.15, 0.2) is 72.4 Å². The van der Waals surface area contributed by atoms with Gasteiger partial charge in [-0.2, -0.15) is 5.26 Å². The summed E-state index contributed by atoms with van der Waals surface area (Å²) in [4.78, 5) is 12.4. The molecule has 0 radical (unpaired) electrons. The first-order chi connectivity index (χ1) is 12.6. The quantitative estimate of drug-likeness (QED) is 0.410. The van der Waals surface area contributed by atoms with Crippen LogP contribution < -0.4 is 5.32 Å². The van der Waals surface area contributed by atoms with Gasteiger partial charge in [0.2, 0.25) is 0 Å². The first-order valence-electron chi connectivity index (χ1n) is 7.72. The molecule has 0 aliphatic heterocycles. The smallest absolute Gasteiger partial charge is 0.266 e. The third kappa shape index (κ3) is 3.94. The Morgan fingerprint density at radius 3 is 2.46 bits per heavy atom. The average Bonchev–Trinajstić information content (AvgIpc) is 3.10. The van der Waals surface area contributed by atoms with Crippen LogP contribution in [0.2, 0.25) is 5.02 Å². The molecule has 5 nitrogen and oxygen atoms in total. The van der Waals surface area contributed by atoms with Gasteiger partial charge in [-0.25, -0.2) is 0 Å². The average molecular weight is 364 g/mol. The van der Waals surface area contributed by atoms with Crippen LogP contribution in [0.1, 0.15) is 5.69 Å². The fourth-order valence-electron chi connectivity index (χ4n) is 2.39. The molecule has 1 aromatic heterocycles. The number of nitrogens with zero attached hydrogens (tertiary/aromatic N) is 2. The van der Waals surface area contributed by atoms with E-state index in [9.17, 15) is 15.2 Å². The number of carbonyl (C=O) groups excluding carboxylic acids is 1. The lowest BCUT2D eigenvalue weighted by atomic mass is 10.2. The summed E-state index contributed by atoms with van der Waals surface area (Å²) in [6.45, 7) is 0. The van der Waals surface area contributed by atoms with E-state index >= 15 is 0 Å². The molecule has 128 valence electrons. The minimum Gasteiger partial charge on any atom is -0.508 e. The monoisotopic (exact) mass is 363 g/mol. The molecule has 1 heterocycles. The summed E-state index contributed by atoms with van der Waals surface area (Å²) in [5.74, 6) is -0.429. The van der Waals surface area contributed by atoms with Gasteiger partial charge in [0.05, 0.1) is 0 Å². The number of aromatic nitrogens is 1. The summed E-state index contributed by atoms with van der Waals surface area (Å²) < 4.78 is 1.85. The zero-order valence-corrected chi connectivity index (χ0v) is 14.3. The number of halogens is 1. The molecule has 0 spiro atoms. The third-order valence-electron chi connectivity index (χ3n) is 3.67. The van der Waals surface area contributed by atoms with Crippen LogP contribution in [-0.2, 0) is 4.79 Å². The van der Waals surface area contributed by atoms with Crippen molar-refractivity contribution >= 4 is 29.3 Å². The molecule has 0 saturated heterocycles. The fraction of sp³-hybridized carbons (Fsp3) is 0. The standard InChI is InChI=1S/C20H14ClN3O2/c21-15-3-7-17(8-4-15)24-11-1-2-18(24)12-14(13-22)20(26)23-16-5-9-19(25)10-6-16/h1-12,25H,(H,23,26). The van der Waals surface area contributed by atoms with Crippen LogP contribution >= 0.6 is 11.6 Å². The van der Waals surface area contributed by atoms with Gasteiger partial charge >= 0.3 is 0 Å². The second kappa shape index (κ2) is 7.60. The van der Waals surface area contributed by atoms with E-state index in [1.807, 2.05) is 35.0 Å². The van der Waals surface area contributed by atoms with Crippen molar-refractivity contribution in [1.29, 1.82) is 5.26 Å². The highest BCUT2D eigenvalue weighted by Crippen LogP contribution is 2.19. The fourth-order valence-corrected chi connectivity index (χ4v) is 2.51. The number of hydrogen-bond donors (Lipinski definition) is 2. The lowest BCUT2D eigenvalue weighted by Gasteiger charge is -2.08. The Hall–Kier alpha value is -3.49. The lowest BCUT2D eigenvalue weighted by Crippen LogP contribution is -2.13. The molecule has 0 aliphatic carbocycles. The topological polar surface area (TPSA) is 78.0 Å². The third-order valence-corrected chi connectivity index (χ3v) is 3.92. The summed E-state index contributed by atoms with van der Waals surface area (Å²) in [6, 6.07) is 18.8. The number of carbonyl (C=O) groups is 1. The normalized spacial score (nSPS) is 11.0. The minimum absolute atomic E-state index is 0.0352. The van der Waals surface area contributed by atoms with Gasteiger partial charge in [-0.15, -0.1) is 0 Å². The molecule has 0 saturated carbocycles. The number of aromatic hydroxyl groups is 1. The number of nitrogens with one attached hydrogen (secondary N) is 1. The molecule has 3 rings (SSSR count). The zero-order valence-electron chi connectivity index (χ0n) is 13.6. The summed E-state index contributed by atoms with van der Waals surface area (Å²) in [6.07, 6.45) is 3.35. The minimum atomic E-state index is -0.526. The highest BCUT2D eigenvalue weighted by Gasteiger charge is 2.11. The SMILES string of the molecule is N#CC(=Cc1cccn1-c1ccc(Cl)cc1)C(=O)Nc1ccc(O)cc1. The molecule has 0 aliphatic rings. The van der Waals surface area contributed by atoms with Gasteiger partial charge in [0.25, 0.3) is 5.91 Å². The molecule has 6 heteroatoms. The summed E-state index contributed by atoms with van der Waals surface area (Å²) in [5, 5.41) is 21.9. The Kier molecular flexibility index (Phi) is 5.07. The predicted octanol–water partition coefficient (Wildman–Crippen LogP) is 4.38. The van der Waals surface area contributed by atoms with E-state index in [0.29, 0.717) is 16.4 Å². The Balaban J connectivity index is 1.87. The van der Waals surface area contributed by atoms with E-state index < -0.39 is 5.91 Å². The maximum atomic E-state index is 12.4. The second-order valence-corrected chi connectivity index (χ2v) is 5.89. The number of phenolic OH excluding ortho intramolecular Hbond substituents is 1. The van der Waals surface area contributed by atoms with Crippen LogP contribution in [0, 0.1) is 11.3 Å². The molecule has 0 unspecified atom stereocenters. The molecule has 26 heavy (non-hydrogen) atoms. The molecular weight excluding hydrogens is 350 g/mol. The molecule has 3 aromatic rings. The van der Waals surface area contributed by atoms with Crippen molar-refractivity contribution in [2.24, 2.45) is 0 Å². The summed E-state index contributed by atoms with van der Waals surface area (Å²) in [5.41, 5.74) is 2.00. The van der Waals surface area contributed by atoms with Crippen LogP contribution in [0.5, 0.6) is 5.75 Å². The van der Waals surface area contributed by atoms with E-state index in [2.05, 4.69) is 5.32 Å². The molecule has 2 aromatic carbocycles. The Bertz CT molecular complexity index is 997. The van der Waals surface area contributed by atoms with Crippen molar-refractivity contribution in [1.82, 2.24) is 4.57 Å². The number of nitriles is 1. The largest absolute Gasteiger partial charge is 0.508 e. The number of phenols is 1. The van der Waals surface area contributed by atoms with Crippen molar-refractivity contribution in [2.45, 2.75) is 0 Å². The van der Waals surface area contributed by atoms with E-state index in [0.717, 1.165) is 5.69 Å². The number of amides is 1. The Morgan fingerprint density at radius 1 is 1.12 bits per heavy atom. The first-order valence-corrected chi connectivity index (χ1v) is 8.10. The zero-order chi connectivity index (χ0) is 18.5. The molecule has 0 bridgehead atoms. The molecule has 0 atom stereocenters. The van der Waals surface area contributed by atoms with Crippen LogP contribution in [-0.4, -0.2) is 15.6 Å². The van der Waals surface area contributed by atoms with E-state index in [1.165, 1.54) is 18.2 Å². The Morgan fingerprint density at radius 2 is 1.81 bits per heavy atom. The van der Waals surface area contributed by atoms with Crippen LogP contribution in [0.3, 0.4) is 0 Å². The molecule has 2 N–H and O–H groups in total. The van der Waals surface area contributed by atoms with Gasteiger partial charge in [-0.05, 0) is 66.7 Å². The highest BCUT2D eigenvalue weighted by atomic mass is 35.5. The first kappa shape index (κ1) is 17.3. The lowest BCUT2D eigenvalue weighted by molar-refractivity contribution is -0.112. The summed E-state index contributed by atoms with van der Waals surface area (Å²) in [7, 11) is 0. The van der Waals surface area contributed by atoms with Gasteiger partial charge < -0.3 is 15.0 Å². The van der Waals surface area contributed by atoms with E-state index in [1.54, 1.807) is 30.3 Å². The maximum absolute atomic E-state index is 12.4. The van der Waals surface area contributed by atoms with Crippen molar-refractivity contribution in [2.75, 3.05) is 5.32 Å². The summed E-state index contributed by atoms with van der Waals surface area (Å²) >= 11 is 5.92. The maximum Gasteiger partial charge on any atom is 0.266 e. The molecule has 1 amide bonds. The van der Waals surface area contributed by atoms with Crippen LogP contribution in [0.4, 0.5) is 5.69 Å². The van der Waals surface area contributed by atoms with Gasteiger partial charge in [-0.3, -0.25) is 4.79 Å². The van der Waals surface area contributed by atoms with Crippen LogP contribution in [0.25, 0.3) is 11.8 Å². The van der Waals surface area contributed by atoms with Crippen molar-refractivity contribution in [3.63, 3.8) is 0 Å². The Labute approximate surface area is 155 Å². The van der Waals surface area contributed by atoms with Gasteiger partial charge in [0.1, 0.15) is 17.4 Å². The van der Waals surface area contributed by atoms with Crippen molar-refractivity contribution in [3.05, 3.63) is 83.2 Å². The number of anilines is 1. The van der Waals surface area contributed by atoms with E-state index in [4.69, 9.17) is 11.6 Å². The highest BCUT2D eigenvalue weighted by molar-refractivity contribution is 6.30. The predicted molar refractivity (Wildman–Crippen MR) is 101 cm³/mol.